The van der Waals surface area contributed by atoms with E-state index in [4.69, 9.17) is 4.52 Å². The number of hydrogen-bond donors (Lipinski definition) is 2. The molecule has 28 heavy (non-hydrogen) atoms. The van der Waals surface area contributed by atoms with Crippen LogP contribution in [0.25, 0.3) is 0 Å². The molecule has 0 saturated carbocycles. The molecule has 0 radical (unpaired) electrons. The fourth-order valence-electron chi connectivity index (χ4n) is 2.69. The van der Waals surface area contributed by atoms with Crippen LogP contribution in [-0.4, -0.2) is 19.5 Å². The molecule has 0 fully saturated rings. The summed E-state index contributed by atoms with van der Waals surface area (Å²) in [6.07, 6.45) is 0. The molecule has 8 heteroatoms. The van der Waals surface area contributed by atoms with E-state index in [0.29, 0.717) is 17.1 Å². The van der Waals surface area contributed by atoms with Crippen LogP contribution in [0.5, 0.6) is 0 Å². The Kier molecular flexibility index (Phi) is 5.24. The first-order chi connectivity index (χ1) is 13.2. The van der Waals surface area contributed by atoms with E-state index in [0.717, 1.165) is 16.7 Å². The van der Waals surface area contributed by atoms with Gasteiger partial charge < -0.3 is 9.84 Å². The van der Waals surface area contributed by atoms with Crippen molar-refractivity contribution in [3.8, 4) is 0 Å². The van der Waals surface area contributed by atoms with E-state index in [-0.39, 0.29) is 10.6 Å². The van der Waals surface area contributed by atoms with Crippen LogP contribution in [0.4, 0.5) is 11.4 Å². The SMILES string of the molecule is Cc1ccc(NS(=O)(=O)c2ccc(C)c(NC(=O)c3cc(C)on3)c2)c(C)c1. The highest BCUT2D eigenvalue weighted by Crippen LogP contribution is 2.24. The summed E-state index contributed by atoms with van der Waals surface area (Å²) in [5.74, 6) is 0.0349. The normalized spacial score (nSPS) is 11.3. The Balaban J connectivity index is 1.88. The maximum atomic E-state index is 12.8. The second-order valence-corrected chi connectivity index (χ2v) is 8.36. The monoisotopic (exact) mass is 399 g/mol. The Labute approximate surface area is 163 Å². The molecule has 0 aliphatic carbocycles. The summed E-state index contributed by atoms with van der Waals surface area (Å²) >= 11 is 0. The molecule has 2 aromatic carbocycles. The predicted molar refractivity (Wildman–Crippen MR) is 107 cm³/mol. The topological polar surface area (TPSA) is 101 Å². The molecule has 0 unspecified atom stereocenters. The van der Waals surface area contributed by atoms with Crippen LogP contribution in [0.15, 0.2) is 51.9 Å². The lowest BCUT2D eigenvalue weighted by Gasteiger charge is -2.13. The van der Waals surface area contributed by atoms with Crippen LogP contribution in [0.2, 0.25) is 0 Å². The highest BCUT2D eigenvalue weighted by atomic mass is 32.2. The van der Waals surface area contributed by atoms with E-state index >= 15 is 0 Å². The first-order valence-corrected chi connectivity index (χ1v) is 10.1. The van der Waals surface area contributed by atoms with Gasteiger partial charge in [-0.05, 0) is 57.0 Å². The molecule has 0 saturated heterocycles. The van der Waals surface area contributed by atoms with Gasteiger partial charge in [0.25, 0.3) is 15.9 Å². The van der Waals surface area contributed by atoms with E-state index in [9.17, 15) is 13.2 Å². The first kappa shape index (κ1) is 19.6. The third-order valence-electron chi connectivity index (χ3n) is 4.25. The number of nitrogens with zero attached hydrogens (tertiary/aromatic N) is 1. The number of nitrogens with one attached hydrogen (secondary N) is 2. The molecule has 0 atom stereocenters. The van der Waals surface area contributed by atoms with Gasteiger partial charge in [-0.15, -0.1) is 0 Å². The standard InChI is InChI=1S/C20H21N3O4S/c1-12-5-8-17(14(3)9-12)23-28(25,26)16-7-6-13(2)18(11-16)21-20(24)19-10-15(4)27-22-19/h5-11,23H,1-4H3,(H,21,24). The van der Waals surface area contributed by atoms with Crippen molar-refractivity contribution in [3.63, 3.8) is 0 Å². The molecule has 0 spiro atoms. The Morgan fingerprint density at radius 3 is 2.32 bits per heavy atom. The smallest absolute Gasteiger partial charge is 0.277 e. The van der Waals surface area contributed by atoms with Crippen molar-refractivity contribution in [2.24, 2.45) is 0 Å². The van der Waals surface area contributed by atoms with Gasteiger partial charge in [0.05, 0.1) is 10.6 Å². The van der Waals surface area contributed by atoms with Crippen molar-refractivity contribution in [2.45, 2.75) is 32.6 Å². The Morgan fingerprint density at radius 2 is 1.68 bits per heavy atom. The van der Waals surface area contributed by atoms with Crippen molar-refractivity contribution >= 4 is 27.3 Å². The van der Waals surface area contributed by atoms with Gasteiger partial charge in [-0.3, -0.25) is 9.52 Å². The summed E-state index contributed by atoms with van der Waals surface area (Å²) < 4.78 is 33.1. The number of hydrogen-bond acceptors (Lipinski definition) is 5. The van der Waals surface area contributed by atoms with Crippen LogP contribution >= 0.6 is 0 Å². The highest BCUT2D eigenvalue weighted by Gasteiger charge is 2.18. The number of benzene rings is 2. The Morgan fingerprint density at radius 1 is 0.929 bits per heavy atom. The predicted octanol–water partition coefficient (Wildman–Crippen LogP) is 3.96. The number of carbonyl (C=O) groups is 1. The molecule has 0 aliphatic rings. The van der Waals surface area contributed by atoms with Crippen molar-refractivity contribution in [2.75, 3.05) is 10.0 Å². The first-order valence-electron chi connectivity index (χ1n) is 8.61. The Hall–Kier alpha value is -3.13. The average molecular weight is 399 g/mol. The lowest BCUT2D eigenvalue weighted by Crippen LogP contribution is -2.16. The fraction of sp³-hybridized carbons (Fsp3) is 0.200. The number of aryl methyl sites for hydroxylation is 4. The lowest BCUT2D eigenvalue weighted by atomic mass is 10.1. The zero-order valence-electron chi connectivity index (χ0n) is 16.0. The van der Waals surface area contributed by atoms with Gasteiger partial charge in [-0.1, -0.05) is 28.9 Å². The summed E-state index contributed by atoms with van der Waals surface area (Å²) in [6, 6.07) is 11.5. The molecular formula is C20H21N3O4S. The van der Waals surface area contributed by atoms with Crippen LogP contribution in [0, 0.1) is 27.7 Å². The molecule has 1 amide bonds. The summed E-state index contributed by atoms with van der Waals surface area (Å²) in [6.45, 7) is 7.24. The molecule has 3 aromatic rings. The second-order valence-electron chi connectivity index (χ2n) is 6.68. The highest BCUT2D eigenvalue weighted by molar-refractivity contribution is 7.92. The van der Waals surface area contributed by atoms with E-state index in [2.05, 4.69) is 15.2 Å². The van der Waals surface area contributed by atoms with Gasteiger partial charge in [0.15, 0.2) is 5.69 Å². The van der Waals surface area contributed by atoms with Gasteiger partial charge in [0.1, 0.15) is 5.76 Å². The van der Waals surface area contributed by atoms with Crippen LogP contribution in [0.3, 0.4) is 0 Å². The number of amides is 1. The number of carbonyl (C=O) groups excluding carboxylic acids is 1. The second kappa shape index (κ2) is 7.47. The number of rotatable bonds is 5. The minimum Gasteiger partial charge on any atom is -0.361 e. The average Bonchev–Trinajstić information content (AvgIpc) is 3.06. The van der Waals surface area contributed by atoms with Crippen molar-refractivity contribution in [1.82, 2.24) is 5.16 Å². The summed E-state index contributed by atoms with van der Waals surface area (Å²) in [7, 11) is -3.82. The Bertz CT molecular complexity index is 1150. The maximum Gasteiger partial charge on any atom is 0.277 e. The van der Waals surface area contributed by atoms with Crippen molar-refractivity contribution in [3.05, 3.63) is 70.6 Å². The zero-order chi connectivity index (χ0) is 20.5. The largest absolute Gasteiger partial charge is 0.361 e. The van der Waals surface area contributed by atoms with Gasteiger partial charge in [0, 0.05) is 11.8 Å². The third kappa shape index (κ3) is 4.23. The molecule has 0 aliphatic heterocycles. The van der Waals surface area contributed by atoms with Crippen molar-refractivity contribution < 1.29 is 17.7 Å². The molecule has 1 heterocycles. The molecular weight excluding hydrogens is 378 g/mol. The molecule has 1 aromatic heterocycles. The van der Waals surface area contributed by atoms with E-state index in [1.54, 1.807) is 26.0 Å². The minimum absolute atomic E-state index is 0.0460. The van der Waals surface area contributed by atoms with Gasteiger partial charge in [-0.25, -0.2) is 8.42 Å². The molecule has 3 rings (SSSR count). The molecule has 7 nitrogen and oxygen atoms in total. The van der Waals surface area contributed by atoms with Gasteiger partial charge in [0.2, 0.25) is 0 Å². The maximum absolute atomic E-state index is 12.8. The number of anilines is 2. The van der Waals surface area contributed by atoms with Crippen molar-refractivity contribution in [1.29, 1.82) is 0 Å². The minimum atomic E-state index is -3.82. The number of aromatic nitrogens is 1. The van der Waals surface area contributed by atoms with E-state index in [1.165, 1.54) is 18.2 Å². The fourth-order valence-corrected chi connectivity index (χ4v) is 3.85. The molecule has 146 valence electrons. The summed E-state index contributed by atoms with van der Waals surface area (Å²) in [5.41, 5.74) is 3.61. The quantitative estimate of drug-likeness (QED) is 0.676. The lowest BCUT2D eigenvalue weighted by molar-refractivity contribution is 0.101. The van der Waals surface area contributed by atoms with E-state index < -0.39 is 15.9 Å². The van der Waals surface area contributed by atoms with Crippen LogP contribution in [0.1, 0.15) is 32.9 Å². The summed E-state index contributed by atoms with van der Waals surface area (Å²) in [5, 5.41) is 6.35. The summed E-state index contributed by atoms with van der Waals surface area (Å²) in [4.78, 5) is 12.4. The molecule has 0 bridgehead atoms. The van der Waals surface area contributed by atoms with E-state index in [1.807, 2.05) is 26.0 Å². The molecule has 2 N–H and O–H groups in total. The number of sulfonamides is 1. The van der Waals surface area contributed by atoms with Gasteiger partial charge >= 0.3 is 0 Å². The van der Waals surface area contributed by atoms with Gasteiger partial charge in [-0.2, -0.15) is 0 Å². The third-order valence-corrected chi connectivity index (χ3v) is 5.62. The zero-order valence-corrected chi connectivity index (χ0v) is 16.8. The van der Waals surface area contributed by atoms with Crippen LogP contribution < -0.4 is 10.0 Å². The van der Waals surface area contributed by atoms with Crippen LogP contribution in [-0.2, 0) is 10.0 Å².